The Labute approximate surface area is 123 Å². The summed E-state index contributed by atoms with van der Waals surface area (Å²) in [6.45, 7) is -0.179. The van der Waals surface area contributed by atoms with E-state index in [0.29, 0.717) is 11.1 Å². The van der Waals surface area contributed by atoms with E-state index in [1.54, 1.807) is 30.3 Å². The Balaban J connectivity index is 1.92. The lowest BCUT2D eigenvalue weighted by atomic mass is 10.1. The van der Waals surface area contributed by atoms with Gasteiger partial charge in [0.1, 0.15) is 0 Å². The van der Waals surface area contributed by atoms with Gasteiger partial charge in [-0.15, -0.1) is 0 Å². The summed E-state index contributed by atoms with van der Waals surface area (Å²) < 4.78 is 0. The second-order valence-electron chi connectivity index (χ2n) is 4.30. The SMILES string of the molecule is O=C(N/N=C/C=C/c1ccccc1)c1ccccc1CO. The number of carbonyl (C=O) groups is 1. The Morgan fingerprint density at radius 3 is 2.57 bits per heavy atom. The van der Waals surface area contributed by atoms with Gasteiger partial charge in [-0.3, -0.25) is 4.79 Å². The third-order valence-electron chi connectivity index (χ3n) is 2.85. The highest BCUT2D eigenvalue weighted by Gasteiger charge is 2.08. The highest BCUT2D eigenvalue weighted by molar-refractivity contribution is 5.96. The summed E-state index contributed by atoms with van der Waals surface area (Å²) in [6.07, 6.45) is 5.14. The molecule has 2 aromatic carbocycles. The maximum atomic E-state index is 11.9. The van der Waals surface area contributed by atoms with Crippen molar-refractivity contribution in [3.05, 3.63) is 77.4 Å². The molecule has 0 aliphatic carbocycles. The van der Waals surface area contributed by atoms with Crippen LogP contribution < -0.4 is 5.43 Å². The van der Waals surface area contributed by atoms with Crippen molar-refractivity contribution in [2.45, 2.75) is 6.61 Å². The van der Waals surface area contributed by atoms with E-state index in [1.807, 2.05) is 36.4 Å². The van der Waals surface area contributed by atoms with Crippen LogP contribution in [0.2, 0.25) is 0 Å². The number of hydrogen-bond acceptors (Lipinski definition) is 3. The molecule has 2 aromatic rings. The topological polar surface area (TPSA) is 61.7 Å². The van der Waals surface area contributed by atoms with Crippen molar-refractivity contribution in [1.29, 1.82) is 0 Å². The first-order valence-corrected chi connectivity index (χ1v) is 6.55. The van der Waals surface area contributed by atoms with Crippen molar-refractivity contribution >= 4 is 18.2 Å². The summed E-state index contributed by atoms with van der Waals surface area (Å²) in [5.74, 6) is -0.344. The van der Waals surface area contributed by atoms with Crippen molar-refractivity contribution < 1.29 is 9.90 Å². The molecule has 0 atom stereocenters. The van der Waals surface area contributed by atoms with Crippen LogP contribution in [0.3, 0.4) is 0 Å². The van der Waals surface area contributed by atoms with Crippen LogP contribution in [-0.2, 0) is 6.61 Å². The van der Waals surface area contributed by atoms with Gasteiger partial charge < -0.3 is 5.11 Å². The molecular formula is C17H16N2O2. The summed E-state index contributed by atoms with van der Waals surface area (Å²) in [5.41, 5.74) is 4.48. The third kappa shape index (κ3) is 4.40. The zero-order valence-electron chi connectivity index (χ0n) is 11.4. The van der Waals surface area contributed by atoms with Gasteiger partial charge in [-0.25, -0.2) is 5.43 Å². The standard InChI is InChI=1S/C17H16N2O2/c20-13-15-10-4-5-11-16(15)17(21)19-18-12-6-9-14-7-2-1-3-8-14/h1-12,20H,13H2,(H,19,21)/b9-6+,18-12+. The van der Waals surface area contributed by atoms with Crippen molar-refractivity contribution in [2.75, 3.05) is 0 Å². The molecule has 0 aromatic heterocycles. The van der Waals surface area contributed by atoms with Crippen LogP contribution in [0.5, 0.6) is 0 Å². The Morgan fingerprint density at radius 1 is 1.10 bits per heavy atom. The summed E-state index contributed by atoms with van der Waals surface area (Å²) in [6, 6.07) is 16.7. The highest BCUT2D eigenvalue weighted by atomic mass is 16.3. The van der Waals surface area contributed by atoms with Gasteiger partial charge in [0.15, 0.2) is 0 Å². The van der Waals surface area contributed by atoms with Crippen molar-refractivity contribution in [3.8, 4) is 0 Å². The molecule has 2 rings (SSSR count). The molecule has 2 N–H and O–H groups in total. The van der Waals surface area contributed by atoms with E-state index in [0.717, 1.165) is 5.56 Å². The molecule has 1 amide bonds. The average molecular weight is 280 g/mol. The van der Waals surface area contributed by atoms with Crippen LogP contribution in [0.15, 0.2) is 65.8 Å². The monoisotopic (exact) mass is 280 g/mol. The number of carbonyl (C=O) groups excluding carboxylic acids is 1. The number of nitrogens with one attached hydrogen (secondary N) is 1. The number of aliphatic hydroxyl groups excluding tert-OH is 1. The maximum Gasteiger partial charge on any atom is 0.271 e. The van der Waals surface area contributed by atoms with Gasteiger partial charge in [-0.2, -0.15) is 5.10 Å². The molecule has 0 heterocycles. The lowest BCUT2D eigenvalue weighted by Gasteiger charge is -2.04. The molecule has 0 fully saturated rings. The number of hydrazone groups is 1. The first-order valence-electron chi connectivity index (χ1n) is 6.55. The molecule has 0 bridgehead atoms. The molecule has 0 radical (unpaired) electrons. The van der Waals surface area contributed by atoms with Crippen LogP contribution >= 0.6 is 0 Å². The van der Waals surface area contributed by atoms with Crippen LogP contribution in [-0.4, -0.2) is 17.2 Å². The second-order valence-corrected chi connectivity index (χ2v) is 4.30. The number of aliphatic hydroxyl groups is 1. The van der Waals surface area contributed by atoms with Crippen LogP contribution in [0, 0.1) is 0 Å². The highest BCUT2D eigenvalue weighted by Crippen LogP contribution is 2.08. The van der Waals surface area contributed by atoms with Crippen molar-refractivity contribution in [3.63, 3.8) is 0 Å². The van der Waals surface area contributed by atoms with Gasteiger partial charge in [0, 0.05) is 11.8 Å². The maximum absolute atomic E-state index is 11.9. The van der Waals surface area contributed by atoms with E-state index < -0.39 is 0 Å². The Bertz CT molecular complexity index is 649. The third-order valence-corrected chi connectivity index (χ3v) is 2.85. The van der Waals surface area contributed by atoms with Gasteiger partial charge in [0.05, 0.1) is 6.61 Å². The van der Waals surface area contributed by atoms with Gasteiger partial charge in [0.25, 0.3) is 5.91 Å². The molecule has 4 nitrogen and oxygen atoms in total. The molecule has 21 heavy (non-hydrogen) atoms. The van der Waals surface area contributed by atoms with Crippen molar-refractivity contribution in [2.24, 2.45) is 5.10 Å². The summed E-state index contributed by atoms with van der Waals surface area (Å²) >= 11 is 0. The minimum Gasteiger partial charge on any atom is -0.392 e. The van der Waals surface area contributed by atoms with Crippen LogP contribution in [0.4, 0.5) is 0 Å². The summed E-state index contributed by atoms with van der Waals surface area (Å²) in [4.78, 5) is 11.9. The zero-order valence-corrected chi connectivity index (χ0v) is 11.4. The lowest BCUT2D eigenvalue weighted by molar-refractivity contribution is 0.0952. The molecular weight excluding hydrogens is 264 g/mol. The van der Waals surface area contributed by atoms with E-state index >= 15 is 0 Å². The second kappa shape index (κ2) is 7.77. The smallest absolute Gasteiger partial charge is 0.271 e. The molecule has 106 valence electrons. The quantitative estimate of drug-likeness (QED) is 0.653. The van der Waals surface area contributed by atoms with E-state index in [9.17, 15) is 9.90 Å². The summed E-state index contributed by atoms with van der Waals surface area (Å²) in [7, 11) is 0. The van der Waals surface area contributed by atoms with Gasteiger partial charge in [0.2, 0.25) is 0 Å². The molecule has 0 aliphatic rings. The first-order chi connectivity index (χ1) is 10.3. The summed E-state index contributed by atoms with van der Waals surface area (Å²) in [5, 5.41) is 13.0. The van der Waals surface area contributed by atoms with Crippen LogP contribution in [0.25, 0.3) is 6.08 Å². The number of rotatable bonds is 5. The van der Waals surface area contributed by atoms with E-state index in [1.165, 1.54) is 6.21 Å². The van der Waals surface area contributed by atoms with Gasteiger partial charge in [-0.05, 0) is 23.3 Å². The van der Waals surface area contributed by atoms with Gasteiger partial charge >= 0.3 is 0 Å². The van der Waals surface area contributed by atoms with E-state index in [4.69, 9.17) is 0 Å². The molecule has 0 unspecified atom stereocenters. The Morgan fingerprint density at radius 2 is 1.81 bits per heavy atom. The number of benzene rings is 2. The van der Waals surface area contributed by atoms with Gasteiger partial charge in [-0.1, -0.05) is 54.6 Å². The van der Waals surface area contributed by atoms with E-state index in [-0.39, 0.29) is 12.5 Å². The predicted molar refractivity (Wildman–Crippen MR) is 83.8 cm³/mol. The fraction of sp³-hybridized carbons (Fsp3) is 0.0588. The molecule has 4 heteroatoms. The molecule has 0 saturated heterocycles. The number of amides is 1. The largest absolute Gasteiger partial charge is 0.392 e. The Hall–Kier alpha value is -2.72. The number of hydrogen-bond donors (Lipinski definition) is 2. The van der Waals surface area contributed by atoms with E-state index in [2.05, 4.69) is 10.5 Å². The normalized spacial score (nSPS) is 11.1. The minimum atomic E-state index is -0.344. The fourth-order valence-corrected chi connectivity index (χ4v) is 1.80. The van der Waals surface area contributed by atoms with Crippen molar-refractivity contribution in [1.82, 2.24) is 5.43 Å². The predicted octanol–water partition coefficient (Wildman–Crippen LogP) is 2.61. The molecule has 0 saturated carbocycles. The average Bonchev–Trinajstić information content (AvgIpc) is 2.55. The minimum absolute atomic E-state index is 0.179. The first kappa shape index (κ1) is 14.7. The molecule has 0 aliphatic heterocycles. The fourth-order valence-electron chi connectivity index (χ4n) is 1.80. The lowest BCUT2D eigenvalue weighted by Crippen LogP contribution is -2.19. The van der Waals surface area contributed by atoms with Crippen LogP contribution in [0.1, 0.15) is 21.5 Å². The number of nitrogens with zero attached hydrogens (tertiary/aromatic N) is 1. The molecule has 0 spiro atoms. The number of allylic oxidation sites excluding steroid dienone is 1. The zero-order chi connectivity index (χ0) is 14.9. The Kier molecular flexibility index (Phi) is 5.43.